The van der Waals surface area contributed by atoms with Crippen LogP contribution in [0.4, 0.5) is 27.6 Å². The van der Waals surface area contributed by atoms with Crippen molar-refractivity contribution in [3.63, 3.8) is 0 Å². The molecule has 1 aliphatic heterocycles. The molecule has 0 radical (unpaired) electrons. The molecule has 0 atom stereocenters. The van der Waals surface area contributed by atoms with E-state index in [1.165, 1.54) is 12.1 Å². The Morgan fingerprint density at radius 1 is 0.826 bits per heavy atom. The number of hydrogen-bond donors (Lipinski definition) is 0. The highest BCUT2D eigenvalue weighted by Crippen LogP contribution is 2.28. The highest BCUT2D eigenvalue weighted by Gasteiger charge is 2.34. The molecule has 3 rings (SSSR count). The van der Waals surface area contributed by atoms with E-state index in [9.17, 15) is 26.7 Å². The lowest BCUT2D eigenvalue weighted by atomic mass is 10.1. The maximum absolute atomic E-state index is 13.8. The normalized spacial score (nSPS) is 14.4. The summed E-state index contributed by atoms with van der Waals surface area (Å²) in [5.41, 5.74) is -1.39. The van der Waals surface area contributed by atoms with Crippen molar-refractivity contribution in [2.75, 3.05) is 5.01 Å². The van der Waals surface area contributed by atoms with Crippen LogP contribution in [0.5, 0.6) is 0 Å². The molecule has 118 valence electrons. The fraction of sp³-hybridized carbons (Fsp3) is 0.0667. The van der Waals surface area contributed by atoms with Gasteiger partial charge in [-0.1, -0.05) is 18.2 Å². The Kier molecular flexibility index (Phi) is 3.59. The summed E-state index contributed by atoms with van der Waals surface area (Å²) in [5, 5.41) is 4.56. The summed E-state index contributed by atoms with van der Waals surface area (Å²) in [7, 11) is 0. The number of anilines is 1. The van der Waals surface area contributed by atoms with E-state index in [0.717, 1.165) is 5.01 Å². The van der Waals surface area contributed by atoms with Gasteiger partial charge in [0, 0.05) is 0 Å². The van der Waals surface area contributed by atoms with Crippen LogP contribution in [0.15, 0.2) is 35.4 Å². The largest absolute Gasteiger partial charge is 0.272 e. The first kappa shape index (κ1) is 15.1. The van der Waals surface area contributed by atoms with Crippen molar-refractivity contribution in [1.82, 2.24) is 0 Å². The number of rotatable bonds is 2. The molecule has 0 unspecified atom stereocenters. The Hall–Kier alpha value is -2.77. The second-order valence-electron chi connectivity index (χ2n) is 4.71. The number of nitrogens with zero attached hydrogens (tertiary/aromatic N) is 2. The lowest BCUT2D eigenvalue weighted by Crippen LogP contribution is -2.19. The van der Waals surface area contributed by atoms with Gasteiger partial charge < -0.3 is 0 Å². The maximum atomic E-state index is 13.8. The second-order valence-corrected chi connectivity index (χ2v) is 4.71. The minimum atomic E-state index is -2.26. The van der Waals surface area contributed by atoms with Crippen LogP contribution in [-0.2, 0) is 4.79 Å². The average Bonchev–Trinajstić information content (AvgIpc) is 2.93. The summed E-state index contributed by atoms with van der Waals surface area (Å²) in [6, 6.07) is 7.92. The minimum absolute atomic E-state index is 0.316. The Bertz CT molecular complexity index is 807. The van der Waals surface area contributed by atoms with E-state index >= 15 is 0 Å². The van der Waals surface area contributed by atoms with Crippen molar-refractivity contribution in [2.24, 2.45) is 5.10 Å². The van der Waals surface area contributed by atoms with Crippen LogP contribution in [0.25, 0.3) is 0 Å². The van der Waals surface area contributed by atoms with Gasteiger partial charge in [-0.2, -0.15) is 5.10 Å². The molecule has 0 bridgehead atoms. The quantitative estimate of drug-likeness (QED) is 0.472. The molecule has 23 heavy (non-hydrogen) atoms. The summed E-state index contributed by atoms with van der Waals surface area (Å²) >= 11 is 0. The number of halogens is 5. The fourth-order valence-corrected chi connectivity index (χ4v) is 2.20. The third kappa shape index (κ3) is 2.36. The van der Waals surface area contributed by atoms with Gasteiger partial charge in [0.1, 0.15) is 0 Å². The molecule has 0 aromatic heterocycles. The minimum Gasteiger partial charge on any atom is -0.272 e. The summed E-state index contributed by atoms with van der Waals surface area (Å²) in [4.78, 5) is 11.9. The van der Waals surface area contributed by atoms with E-state index in [1.807, 2.05) is 0 Å². The molecule has 0 saturated heterocycles. The molecule has 1 heterocycles. The second kappa shape index (κ2) is 5.45. The molecule has 2 aromatic carbocycles. The van der Waals surface area contributed by atoms with E-state index < -0.39 is 52.7 Å². The van der Waals surface area contributed by atoms with E-state index in [4.69, 9.17) is 0 Å². The zero-order valence-corrected chi connectivity index (χ0v) is 11.3. The SMILES string of the molecule is O=C1CC(c2c(F)c(F)c(F)c(F)c2F)=NN1c1ccccc1. The molecule has 0 aliphatic carbocycles. The Morgan fingerprint density at radius 2 is 1.35 bits per heavy atom. The van der Waals surface area contributed by atoms with Crippen LogP contribution in [-0.4, -0.2) is 11.6 Å². The number of para-hydroxylation sites is 1. The Balaban J connectivity index is 2.12. The van der Waals surface area contributed by atoms with Crippen molar-refractivity contribution in [1.29, 1.82) is 0 Å². The van der Waals surface area contributed by atoms with E-state index in [0.29, 0.717) is 5.69 Å². The molecule has 2 aromatic rings. The first-order valence-corrected chi connectivity index (χ1v) is 6.39. The van der Waals surface area contributed by atoms with Gasteiger partial charge in [-0.05, 0) is 12.1 Å². The van der Waals surface area contributed by atoms with Crippen LogP contribution in [0.3, 0.4) is 0 Å². The predicted octanol–water partition coefficient (Wildman–Crippen LogP) is 3.52. The molecule has 1 amide bonds. The summed E-state index contributed by atoms with van der Waals surface area (Å²) in [6.07, 6.45) is -0.576. The topological polar surface area (TPSA) is 32.7 Å². The Labute approximate surface area is 126 Å². The summed E-state index contributed by atoms with van der Waals surface area (Å²) < 4.78 is 67.1. The van der Waals surface area contributed by atoms with Gasteiger partial charge in [0.2, 0.25) is 5.82 Å². The first-order chi connectivity index (χ1) is 10.9. The number of carbonyl (C=O) groups excluding carboxylic acids is 1. The van der Waals surface area contributed by atoms with Gasteiger partial charge in [0.25, 0.3) is 5.91 Å². The molecule has 0 saturated carbocycles. The maximum Gasteiger partial charge on any atom is 0.253 e. The smallest absolute Gasteiger partial charge is 0.253 e. The van der Waals surface area contributed by atoms with Gasteiger partial charge in [0.15, 0.2) is 23.3 Å². The fourth-order valence-electron chi connectivity index (χ4n) is 2.20. The molecule has 0 fully saturated rings. The molecular weight excluding hydrogens is 319 g/mol. The van der Waals surface area contributed by atoms with Gasteiger partial charge >= 0.3 is 0 Å². The standard InChI is InChI=1S/C15H7F5N2O/c16-11-10(12(17)14(19)15(20)13(11)18)8-6-9(23)22(21-8)7-4-2-1-3-5-7/h1-5H,6H2. The molecule has 1 aliphatic rings. The molecule has 0 N–H and O–H groups in total. The van der Waals surface area contributed by atoms with E-state index in [1.54, 1.807) is 18.2 Å². The summed E-state index contributed by atoms with van der Waals surface area (Å²) in [6.45, 7) is 0. The van der Waals surface area contributed by atoms with Crippen molar-refractivity contribution < 1.29 is 26.7 Å². The van der Waals surface area contributed by atoms with Gasteiger partial charge in [-0.3, -0.25) is 4.79 Å². The van der Waals surface area contributed by atoms with Crippen molar-refractivity contribution in [2.45, 2.75) is 6.42 Å². The lowest BCUT2D eigenvalue weighted by molar-refractivity contribution is -0.116. The van der Waals surface area contributed by atoms with Crippen LogP contribution in [0.2, 0.25) is 0 Å². The predicted molar refractivity (Wildman–Crippen MR) is 71.3 cm³/mol. The van der Waals surface area contributed by atoms with E-state index in [2.05, 4.69) is 5.10 Å². The highest BCUT2D eigenvalue weighted by molar-refractivity contribution is 6.19. The Morgan fingerprint density at radius 3 is 1.91 bits per heavy atom. The van der Waals surface area contributed by atoms with Crippen LogP contribution in [0, 0.1) is 29.1 Å². The molecule has 3 nitrogen and oxygen atoms in total. The zero-order chi connectivity index (χ0) is 16.7. The molecule has 8 heteroatoms. The third-order valence-corrected chi connectivity index (χ3v) is 3.27. The van der Waals surface area contributed by atoms with Gasteiger partial charge in [0.05, 0.1) is 23.4 Å². The summed E-state index contributed by atoms with van der Waals surface area (Å²) in [5.74, 6) is -11.1. The first-order valence-electron chi connectivity index (χ1n) is 6.39. The third-order valence-electron chi connectivity index (χ3n) is 3.27. The van der Waals surface area contributed by atoms with Gasteiger partial charge in [-0.25, -0.2) is 27.0 Å². The van der Waals surface area contributed by atoms with Crippen molar-refractivity contribution in [3.05, 3.63) is 65.0 Å². The number of amides is 1. The number of hydrogen-bond acceptors (Lipinski definition) is 2. The van der Waals surface area contributed by atoms with Gasteiger partial charge in [-0.15, -0.1) is 0 Å². The van der Waals surface area contributed by atoms with Crippen molar-refractivity contribution in [3.8, 4) is 0 Å². The zero-order valence-electron chi connectivity index (χ0n) is 11.3. The molecular formula is C15H7F5N2O. The van der Waals surface area contributed by atoms with Crippen LogP contribution < -0.4 is 5.01 Å². The molecule has 0 spiro atoms. The van der Waals surface area contributed by atoms with Crippen LogP contribution in [0.1, 0.15) is 12.0 Å². The average molecular weight is 326 g/mol. The van der Waals surface area contributed by atoms with Crippen molar-refractivity contribution >= 4 is 17.3 Å². The van der Waals surface area contributed by atoms with E-state index in [-0.39, 0.29) is 0 Å². The number of hydrazone groups is 1. The van der Waals surface area contributed by atoms with Crippen LogP contribution >= 0.6 is 0 Å². The number of carbonyl (C=O) groups is 1. The number of benzene rings is 2. The lowest BCUT2D eigenvalue weighted by Gasteiger charge is -2.10. The highest BCUT2D eigenvalue weighted by atomic mass is 19.2. The monoisotopic (exact) mass is 326 g/mol.